The molecule has 202 valence electrons. The average molecular weight is 533 g/mol. The van der Waals surface area contributed by atoms with E-state index in [1.165, 1.54) is 16.7 Å². The summed E-state index contributed by atoms with van der Waals surface area (Å²) in [5.41, 5.74) is 14.7. The zero-order chi connectivity index (χ0) is 27.9. The largest absolute Gasteiger partial charge is 0.488 e. The molecule has 1 aliphatic rings. The van der Waals surface area contributed by atoms with Crippen molar-refractivity contribution in [3.8, 4) is 28.7 Å². The molecule has 0 bridgehead atoms. The van der Waals surface area contributed by atoms with E-state index in [0.717, 1.165) is 52.8 Å². The smallest absolute Gasteiger partial charge is 0.320 e. The molecule has 0 amide bonds. The third-order valence-corrected chi connectivity index (χ3v) is 7.35. The van der Waals surface area contributed by atoms with Crippen molar-refractivity contribution >= 4 is 5.97 Å². The first-order chi connectivity index (χ1) is 19.6. The Morgan fingerprint density at radius 3 is 2.45 bits per heavy atom. The van der Waals surface area contributed by atoms with Crippen molar-refractivity contribution in [3.63, 3.8) is 0 Å². The lowest BCUT2D eigenvalue weighted by Gasteiger charge is -2.20. The van der Waals surface area contributed by atoms with Crippen LogP contribution in [0.2, 0.25) is 0 Å². The van der Waals surface area contributed by atoms with Gasteiger partial charge in [-0.3, -0.25) is 4.79 Å². The second-order valence-corrected chi connectivity index (χ2v) is 9.87. The van der Waals surface area contributed by atoms with E-state index in [1.54, 1.807) is 12.1 Å². The molecule has 0 saturated heterocycles. The SMILES string of the molecule is Cc1c(COc2cc(OCc3cccc(C#N)c3)c(COC(=O)CN)c3c2CCC3)cccc1-c1ccccc1. The van der Waals surface area contributed by atoms with Gasteiger partial charge in [0.05, 0.1) is 18.2 Å². The van der Waals surface area contributed by atoms with Crippen LogP contribution in [0.15, 0.2) is 78.9 Å². The second kappa shape index (κ2) is 12.5. The number of esters is 1. The molecule has 0 saturated carbocycles. The Bertz CT molecular complexity index is 1560. The summed E-state index contributed by atoms with van der Waals surface area (Å²) in [5.74, 6) is 0.929. The molecule has 0 aliphatic heterocycles. The van der Waals surface area contributed by atoms with Gasteiger partial charge in [0.15, 0.2) is 0 Å². The zero-order valence-electron chi connectivity index (χ0n) is 22.6. The lowest BCUT2D eigenvalue weighted by Crippen LogP contribution is -2.17. The first-order valence-corrected chi connectivity index (χ1v) is 13.5. The van der Waals surface area contributed by atoms with Crippen LogP contribution in [-0.4, -0.2) is 12.5 Å². The van der Waals surface area contributed by atoms with Crippen molar-refractivity contribution in [3.05, 3.63) is 118 Å². The number of hydrogen-bond acceptors (Lipinski definition) is 6. The van der Waals surface area contributed by atoms with E-state index in [4.69, 9.17) is 19.9 Å². The van der Waals surface area contributed by atoms with Gasteiger partial charge in [-0.25, -0.2) is 0 Å². The van der Waals surface area contributed by atoms with Gasteiger partial charge in [0, 0.05) is 11.6 Å². The summed E-state index contributed by atoms with van der Waals surface area (Å²) in [4.78, 5) is 11.9. The summed E-state index contributed by atoms with van der Waals surface area (Å²) in [6, 6.07) is 28.1. The second-order valence-electron chi connectivity index (χ2n) is 9.87. The molecule has 2 N–H and O–H groups in total. The molecule has 6 nitrogen and oxygen atoms in total. The van der Waals surface area contributed by atoms with Crippen LogP contribution in [0.1, 0.15) is 45.4 Å². The lowest BCUT2D eigenvalue weighted by atomic mass is 9.97. The topological polar surface area (TPSA) is 94.6 Å². The van der Waals surface area contributed by atoms with Gasteiger partial charge in [0.1, 0.15) is 31.3 Å². The van der Waals surface area contributed by atoms with Crippen LogP contribution in [-0.2, 0) is 42.2 Å². The molecule has 0 atom stereocenters. The van der Waals surface area contributed by atoms with Crippen molar-refractivity contribution in [1.29, 1.82) is 5.26 Å². The Balaban J connectivity index is 1.44. The predicted octanol–water partition coefficient (Wildman–Crippen LogP) is 6.18. The van der Waals surface area contributed by atoms with Crippen LogP contribution in [0.3, 0.4) is 0 Å². The molecule has 40 heavy (non-hydrogen) atoms. The molecule has 0 aromatic heterocycles. The van der Waals surface area contributed by atoms with E-state index in [2.05, 4.69) is 43.3 Å². The summed E-state index contributed by atoms with van der Waals surface area (Å²) in [6.07, 6.45) is 2.72. The minimum atomic E-state index is -0.464. The normalized spacial score (nSPS) is 11.9. The molecule has 4 aromatic carbocycles. The Labute approximate surface area is 234 Å². The van der Waals surface area contributed by atoms with Crippen LogP contribution >= 0.6 is 0 Å². The number of carbonyl (C=O) groups excluding carboxylic acids is 1. The Morgan fingerprint density at radius 1 is 0.875 bits per heavy atom. The summed E-state index contributed by atoms with van der Waals surface area (Å²) in [7, 11) is 0. The molecule has 1 aliphatic carbocycles. The number of benzene rings is 4. The lowest BCUT2D eigenvalue weighted by molar-refractivity contribution is -0.143. The molecule has 0 unspecified atom stereocenters. The highest BCUT2D eigenvalue weighted by molar-refractivity contribution is 5.71. The van der Waals surface area contributed by atoms with Crippen molar-refractivity contribution in [2.45, 2.75) is 46.0 Å². The van der Waals surface area contributed by atoms with Gasteiger partial charge in [-0.2, -0.15) is 5.26 Å². The number of nitrogens with zero attached hydrogens (tertiary/aromatic N) is 1. The Hall–Kier alpha value is -4.60. The van der Waals surface area contributed by atoms with E-state index in [-0.39, 0.29) is 19.8 Å². The van der Waals surface area contributed by atoms with Crippen LogP contribution in [0, 0.1) is 18.3 Å². The fourth-order valence-corrected chi connectivity index (χ4v) is 5.24. The standard InChI is InChI=1S/C34H32N2O4/c1-23-27(12-6-13-28(23)26-10-3-2-4-11-26)21-39-32-17-33(38-20-25-9-5-8-24(16-25)18-35)31(22-40-34(37)19-36)29-14-7-15-30(29)32/h2-6,8-13,16-17H,7,14-15,19-22,36H2,1H3. The van der Waals surface area contributed by atoms with Crippen molar-refractivity contribution < 1.29 is 19.0 Å². The van der Waals surface area contributed by atoms with E-state index < -0.39 is 5.97 Å². The maximum atomic E-state index is 11.9. The summed E-state index contributed by atoms with van der Waals surface area (Å²) in [5, 5.41) is 9.27. The molecular weight excluding hydrogens is 500 g/mol. The minimum absolute atomic E-state index is 0.0877. The maximum absolute atomic E-state index is 11.9. The summed E-state index contributed by atoms with van der Waals surface area (Å²) < 4.78 is 18.2. The molecular formula is C34H32N2O4. The number of nitriles is 1. The van der Waals surface area contributed by atoms with Gasteiger partial charge in [-0.15, -0.1) is 0 Å². The first-order valence-electron chi connectivity index (χ1n) is 13.5. The number of hydrogen-bond donors (Lipinski definition) is 1. The highest BCUT2D eigenvalue weighted by atomic mass is 16.5. The van der Waals surface area contributed by atoms with E-state index >= 15 is 0 Å². The third kappa shape index (κ3) is 6.01. The number of nitrogens with two attached hydrogens (primary N) is 1. The van der Waals surface area contributed by atoms with Gasteiger partial charge in [0.25, 0.3) is 0 Å². The Kier molecular flexibility index (Phi) is 8.44. The Morgan fingerprint density at radius 2 is 1.65 bits per heavy atom. The number of ether oxygens (including phenoxy) is 3. The summed E-state index contributed by atoms with van der Waals surface area (Å²) >= 11 is 0. The first kappa shape index (κ1) is 27.0. The highest BCUT2D eigenvalue weighted by Gasteiger charge is 2.25. The predicted molar refractivity (Wildman–Crippen MR) is 154 cm³/mol. The highest BCUT2D eigenvalue weighted by Crippen LogP contribution is 2.40. The molecule has 5 rings (SSSR count). The quantitative estimate of drug-likeness (QED) is 0.245. The van der Waals surface area contributed by atoms with Crippen LogP contribution in [0.25, 0.3) is 11.1 Å². The van der Waals surface area contributed by atoms with E-state index in [9.17, 15) is 10.1 Å². The van der Waals surface area contributed by atoms with E-state index in [1.807, 2.05) is 36.4 Å². The van der Waals surface area contributed by atoms with E-state index in [0.29, 0.717) is 17.9 Å². The van der Waals surface area contributed by atoms with Crippen molar-refractivity contribution in [2.75, 3.05) is 6.54 Å². The van der Waals surface area contributed by atoms with Gasteiger partial charge in [-0.05, 0) is 77.3 Å². The molecule has 0 fully saturated rings. The average Bonchev–Trinajstić information content (AvgIpc) is 3.49. The van der Waals surface area contributed by atoms with Crippen LogP contribution in [0.4, 0.5) is 0 Å². The fourth-order valence-electron chi connectivity index (χ4n) is 5.24. The van der Waals surface area contributed by atoms with Gasteiger partial charge in [0.2, 0.25) is 0 Å². The van der Waals surface area contributed by atoms with Gasteiger partial charge >= 0.3 is 5.97 Å². The molecule has 4 aromatic rings. The maximum Gasteiger partial charge on any atom is 0.320 e. The van der Waals surface area contributed by atoms with Crippen LogP contribution in [0.5, 0.6) is 11.5 Å². The minimum Gasteiger partial charge on any atom is -0.488 e. The molecule has 0 radical (unpaired) electrons. The summed E-state index contributed by atoms with van der Waals surface area (Å²) in [6.45, 7) is 2.73. The van der Waals surface area contributed by atoms with Gasteiger partial charge < -0.3 is 19.9 Å². The molecule has 6 heteroatoms. The monoisotopic (exact) mass is 532 g/mol. The van der Waals surface area contributed by atoms with Gasteiger partial charge in [-0.1, -0.05) is 60.7 Å². The number of fused-ring (bicyclic) bond motifs is 1. The van der Waals surface area contributed by atoms with Crippen LogP contribution < -0.4 is 15.2 Å². The van der Waals surface area contributed by atoms with Crippen molar-refractivity contribution in [1.82, 2.24) is 0 Å². The molecule has 0 heterocycles. The third-order valence-electron chi connectivity index (χ3n) is 7.35. The van der Waals surface area contributed by atoms with Crippen molar-refractivity contribution in [2.24, 2.45) is 5.73 Å². The molecule has 0 spiro atoms. The fraction of sp³-hybridized carbons (Fsp3) is 0.235. The number of carbonyl (C=O) groups is 1. The number of rotatable bonds is 10. The zero-order valence-corrected chi connectivity index (χ0v) is 22.6.